The highest BCUT2D eigenvalue weighted by atomic mass is 19.4. The van der Waals surface area contributed by atoms with Crippen molar-refractivity contribution in [2.75, 3.05) is 0 Å². The van der Waals surface area contributed by atoms with Crippen LogP contribution in [0.15, 0.2) is 47.4 Å². The maximum absolute atomic E-state index is 13.4. The molecule has 19 heavy (non-hydrogen) atoms. The molecule has 100 valence electrons. The molecule has 2 aromatic rings. The van der Waals surface area contributed by atoms with Crippen LogP contribution >= 0.6 is 0 Å². The summed E-state index contributed by atoms with van der Waals surface area (Å²) >= 11 is 0. The summed E-state index contributed by atoms with van der Waals surface area (Å²) in [5.74, 6) is -0.563. The SMILES string of the molecule is O=c1c(C(F)(F)F)cccn1Cc1ccccc1F. The van der Waals surface area contributed by atoms with Crippen LogP contribution in [0.2, 0.25) is 0 Å². The maximum Gasteiger partial charge on any atom is 0.421 e. The molecule has 2 nitrogen and oxygen atoms in total. The Balaban J connectivity index is 2.43. The summed E-state index contributed by atoms with van der Waals surface area (Å²) in [6.45, 7) is -0.241. The van der Waals surface area contributed by atoms with Gasteiger partial charge < -0.3 is 4.57 Å². The van der Waals surface area contributed by atoms with Crippen molar-refractivity contribution in [3.8, 4) is 0 Å². The van der Waals surface area contributed by atoms with Crippen molar-refractivity contribution in [3.05, 3.63) is 69.9 Å². The van der Waals surface area contributed by atoms with Gasteiger partial charge in [0.15, 0.2) is 0 Å². The van der Waals surface area contributed by atoms with Crippen LogP contribution in [0.5, 0.6) is 0 Å². The zero-order chi connectivity index (χ0) is 14.0. The molecule has 0 fully saturated rings. The molecule has 2 rings (SSSR count). The third kappa shape index (κ3) is 2.83. The fourth-order valence-electron chi connectivity index (χ4n) is 1.69. The molecule has 0 bridgehead atoms. The molecule has 0 atom stereocenters. The van der Waals surface area contributed by atoms with Gasteiger partial charge in [0.1, 0.15) is 11.4 Å². The fraction of sp³-hybridized carbons (Fsp3) is 0.154. The van der Waals surface area contributed by atoms with Crippen molar-refractivity contribution in [1.82, 2.24) is 4.57 Å². The first-order valence-electron chi connectivity index (χ1n) is 5.39. The van der Waals surface area contributed by atoms with Crippen molar-refractivity contribution in [2.45, 2.75) is 12.7 Å². The van der Waals surface area contributed by atoms with Crippen LogP contribution in [0.25, 0.3) is 0 Å². The van der Waals surface area contributed by atoms with Gasteiger partial charge in [-0.15, -0.1) is 0 Å². The first kappa shape index (κ1) is 13.3. The molecule has 0 spiro atoms. The molecule has 1 aromatic heterocycles. The number of rotatable bonds is 2. The summed E-state index contributed by atoms with van der Waals surface area (Å²) in [7, 11) is 0. The van der Waals surface area contributed by atoms with Gasteiger partial charge >= 0.3 is 6.18 Å². The van der Waals surface area contributed by atoms with Crippen LogP contribution in [-0.4, -0.2) is 4.57 Å². The Hall–Kier alpha value is -2.11. The summed E-state index contributed by atoms with van der Waals surface area (Å²) in [6.07, 6.45) is -3.51. The monoisotopic (exact) mass is 271 g/mol. The second-order valence-corrected chi connectivity index (χ2v) is 3.94. The van der Waals surface area contributed by atoms with Crippen LogP contribution in [0.3, 0.4) is 0 Å². The Morgan fingerprint density at radius 3 is 2.37 bits per heavy atom. The van der Waals surface area contributed by atoms with E-state index >= 15 is 0 Å². The Morgan fingerprint density at radius 2 is 1.74 bits per heavy atom. The molecule has 6 heteroatoms. The standard InChI is InChI=1S/C13H9F4NO/c14-11-6-2-1-4-9(11)8-18-7-3-5-10(12(18)19)13(15,16)17/h1-7H,8H2. The Kier molecular flexibility index (Phi) is 3.42. The van der Waals surface area contributed by atoms with Crippen LogP contribution < -0.4 is 5.56 Å². The van der Waals surface area contributed by atoms with E-state index in [1.807, 2.05) is 0 Å². The molecule has 0 unspecified atom stereocenters. The summed E-state index contributed by atoms with van der Waals surface area (Å²) in [6, 6.07) is 7.45. The van der Waals surface area contributed by atoms with E-state index in [1.165, 1.54) is 24.4 Å². The van der Waals surface area contributed by atoms with Gasteiger partial charge in [-0.05, 0) is 18.2 Å². The van der Waals surface area contributed by atoms with Crippen molar-refractivity contribution in [2.24, 2.45) is 0 Å². The molecule has 0 radical (unpaired) electrons. The van der Waals surface area contributed by atoms with Gasteiger partial charge in [-0.1, -0.05) is 18.2 Å². The summed E-state index contributed by atoms with van der Waals surface area (Å²) in [5, 5.41) is 0. The highest BCUT2D eigenvalue weighted by molar-refractivity contribution is 5.20. The molecule has 0 saturated carbocycles. The number of alkyl halides is 3. The van der Waals surface area contributed by atoms with Crippen LogP contribution in [0.4, 0.5) is 17.6 Å². The normalized spacial score (nSPS) is 11.6. The molecule has 1 aromatic carbocycles. The lowest BCUT2D eigenvalue weighted by Gasteiger charge is -2.10. The van der Waals surface area contributed by atoms with E-state index in [1.54, 1.807) is 6.07 Å². The number of benzene rings is 1. The number of nitrogens with zero attached hydrogens (tertiary/aromatic N) is 1. The zero-order valence-electron chi connectivity index (χ0n) is 9.62. The van der Waals surface area contributed by atoms with Crippen molar-refractivity contribution in [1.29, 1.82) is 0 Å². The van der Waals surface area contributed by atoms with Crippen molar-refractivity contribution >= 4 is 0 Å². The van der Waals surface area contributed by atoms with Gasteiger partial charge in [0.25, 0.3) is 5.56 Å². The topological polar surface area (TPSA) is 22.0 Å². The number of pyridine rings is 1. The van der Waals surface area contributed by atoms with Gasteiger partial charge in [0, 0.05) is 11.8 Å². The van der Waals surface area contributed by atoms with Crippen LogP contribution in [-0.2, 0) is 12.7 Å². The molecule has 0 aliphatic heterocycles. The predicted molar refractivity (Wildman–Crippen MR) is 61.2 cm³/mol. The highest BCUT2D eigenvalue weighted by Gasteiger charge is 2.34. The minimum atomic E-state index is -4.71. The fourth-order valence-corrected chi connectivity index (χ4v) is 1.69. The van der Waals surface area contributed by atoms with Gasteiger partial charge in [0.2, 0.25) is 0 Å². The lowest BCUT2D eigenvalue weighted by Crippen LogP contribution is -2.28. The molecule has 0 amide bonds. The second kappa shape index (κ2) is 4.87. The quantitative estimate of drug-likeness (QED) is 0.769. The average Bonchev–Trinajstić information content (AvgIpc) is 2.33. The van der Waals surface area contributed by atoms with Gasteiger partial charge in [-0.25, -0.2) is 4.39 Å². The molecule has 0 aliphatic carbocycles. The molecular formula is C13H9F4NO. The Bertz CT molecular complexity index is 646. The largest absolute Gasteiger partial charge is 0.421 e. The van der Waals surface area contributed by atoms with E-state index in [9.17, 15) is 22.4 Å². The molecule has 0 N–H and O–H groups in total. The second-order valence-electron chi connectivity index (χ2n) is 3.94. The molecule has 0 saturated heterocycles. The van der Waals surface area contributed by atoms with E-state index in [4.69, 9.17) is 0 Å². The smallest absolute Gasteiger partial charge is 0.310 e. The summed E-state index contributed by atoms with van der Waals surface area (Å²) in [4.78, 5) is 11.7. The average molecular weight is 271 g/mol. The van der Waals surface area contributed by atoms with E-state index in [0.717, 1.165) is 10.6 Å². The number of halogens is 4. The third-order valence-corrected chi connectivity index (χ3v) is 2.62. The van der Waals surface area contributed by atoms with E-state index in [0.29, 0.717) is 6.07 Å². The van der Waals surface area contributed by atoms with Crippen LogP contribution in [0.1, 0.15) is 11.1 Å². The predicted octanol–water partition coefficient (Wildman–Crippen LogP) is 3.05. The van der Waals surface area contributed by atoms with Crippen molar-refractivity contribution in [3.63, 3.8) is 0 Å². The van der Waals surface area contributed by atoms with Crippen LogP contribution in [0, 0.1) is 5.82 Å². The number of hydrogen-bond donors (Lipinski definition) is 0. The van der Waals surface area contributed by atoms with Gasteiger partial charge in [-0.2, -0.15) is 13.2 Å². The molecule has 0 aliphatic rings. The van der Waals surface area contributed by atoms with E-state index < -0.39 is 23.1 Å². The maximum atomic E-state index is 13.4. The van der Waals surface area contributed by atoms with Crippen molar-refractivity contribution < 1.29 is 17.6 Å². The Labute approximate surface area is 105 Å². The number of hydrogen-bond acceptors (Lipinski definition) is 1. The Morgan fingerprint density at radius 1 is 1.05 bits per heavy atom. The summed E-state index contributed by atoms with van der Waals surface area (Å²) in [5.41, 5.74) is -2.28. The summed E-state index contributed by atoms with van der Waals surface area (Å²) < 4.78 is 51.9. The highest BCUT2D eigenvalue weighted by Crippen LogP contribution is 2.26. The first-order valence-corrected chi connectivity index (χ1v) is 5.39. The van der Waals surface area contributed by atoms with Gasteiger partial charge in [-0.3, -0.25) is 4.79 Å². The third-order valence-electron chi connectivity index (χ3n) is 2.62. The zero-order valence-corrected chi connectivity index (χ0v) is 9.62. The van der Waals surface area contributed by atoms with Gasteiger partial charge in [0.05, 0.1) is 6.54 Å². The molecular weight excluding hydrogens is 262 g/mol. The van der Waals surface area contributed by atoms with E-state index in [2.05, 4.69) is 0 Å². The number of aromatic nitrogens is 1. The van der Waals surface area contributed by atoms with E-state index in [-0.39, 0.29) is 12.1 Å². The lowest BCUT2D eigenvalue weighted by molar-refractivity contribution is -0.138. The lowest BCUT2D eigenvalue weighted by atomic mass is 10.2. The minimum Gasteiger partial charge on any atom is -0.310 e. The first-order chi connectivity index (χ1) is 8.89. The molecule has 1 heterocycles. The minimum absolute atomic E-state index is 0.156.